The number of amides is 2. The van der Waals surface area contributed by atoms with E-state index in [4.69, 9.17) is 4.74 Å². The fourth-order valence-electron chi connectivity index (χ4n) is 3.85. The smallest absolute Gasteiger partial charge is 0.322 e. The average molecular weight is 423 g/mol. The second kappa shape index (κ2) is 9.31. The fraction of sp³-hybridized carbons (Fsp3) is 0.333. The highest BCUT2D eigenvalue weighted by Crippen LogP contribution is 2.19. The third-order valence-corrected chi connectivity index (χ3v) is 5.61. The number of aromatic nitrogens is 1. The van der Waals surface area contributed by atoms with Crippen LogP contribution in [0.1, 0.15) is 30.9 Å². The number of nitrogens with one attached hydrogen (secondary N) is 2. The van der Waals surface area contributed by atoms with Crippen LogP contribution in [0.4, 0.5) is 14.9 Å². The molecule has 1 aromatic heterocycles. The van der Waals surface area contributed by atoms with Crippen molar-refractivity contribution in [3.05, 3.63) is 75.8 Å². The molecular weight excluding hydrogens is 397 g/mol. The molecule has 2 N–H and O–H groups in total. The minimum atomic E-state index is -0.511. The zero-order chi connectivity index (χ0) is 21.8. The van der Waals surface area contributed by atoms with Crippen LogP contribution in [0.5, 0.6) is 0 Å². The zero-order valence-corrected chi connectivity index (χ0v) is 17.5. The summed E-state index contributed by atoms with van der Waals surface area (Å²) in [5.74, 6) is -0.511. The van der Waals surface area contributed by atoms with Gasteiger partial charge in [0.15, 0.2) is 0 Å². The summed E-state index contributed by atoms with van der Waals surface area (Å²) in [7, 11) is 0. The lowest BCUT2D eigenvalue weighted by Crippen LogP contribution is -2.41. The van der Waals surface area contributed by atoms with Crippen LogP contribution in [0.2, 0.25) is 0 Å². The van der Waals surface area contributed by atoms with Crippen LogP contribution in [0, 0.1) is 5.82 Å². The molecule has 1 atom stereocenters. The van der Waals surface area contributed by atoms with Crippen molar-refractivity contribution in [2.75, 3.05) is 18.5 Å². The molecular formula is C24H26FN3O3. The second-order valence-electron chi connectivity index (χ2n) is 7.82. The summed E-state index contributed by atoms with van der Waals surface area (Å²) in [6, 6.07) is 13.3. The molecule has 0 aliphatic carbocycles. The van der Waals surface area contributed by atoms with E-state index < -0.39 is 11.8 Å². The van der Waals surface area contributed by atoms with Crippen LogP contribution in [0.3, 0.4) is 0 Å². The van der Waals surface area contributed by atoms with E-state index in [0.29, 0.717) is 18.7 Å². The van der Waals surface area contributed by atoms with Gasteiger partial charge in [0.1, 0.15) is 5.82 Å². The summed E-state index contributed by atoms with van der Waals surface area (Å²) in [5, 5.41) is 3.54. The number of urea groups is 1. The number of halogens is 1. The number of fused-ring (bicyclic) bond motifs is 1. The topological polar surface area (TPSA) is 74.4 Å². The first kappa shape index (κ1) is 21.1. The van der Waals surface area contributed by atoms with E-state index in [9.17, 15) is 14.0 Å². The largest absolute Gasteiger partial charge is 0.376 e. The Morgan fingerprint density at radius 1 is 1.26 bits per heavy atom. The zero-order valence-electron chi connectivity index (χ0n) is 17.5. The molecule has 1 saturated heterocycles. The minimum absolute atomic E-state index is 0.0990. The molecule has 0 radical (unpaired) electrons. The summed E-state index contributed by atoms with van der Waals surface area (Å²) in [6.45, 7) is 3.16. The highest BCUT2D eigenvalue weighted by atomic mass is 19.1. The first-order valence-electron chi connectivity index (χ1n) is 10.6. The molecule has 31 heavy (non-hydrogen) atoms. The number of hydrogen-bond donors (Lipinski definition) is 2. The lowest BCUT2D eigenvalue weighted by molar-refractivity contribution is 0.0818. The third kappa shape index (κ3) is 4.94. The summed E-state index contributed by atoms with van der Waals surface area (Å²) < 4.78 is 19.7. The quantitative estimate of drug-likeness (QED) is 0.615. The number of carbonyl (C=O) groups excluding carboxylic acids is 1. The lowest BCUT2D eigenvalue weighted by Gasteiger charge is -2.26. The van der Waals surface area contributed by atoms with Crippen molar-refractivity contribution in [2.45, 2.75) is 38.8 Å². The number of aromatic amines is 1. The van der Waals surface area contributed by atoms with Gasteiger partial charge in [0, 0.05) is 24.2 Å². The number of pyridine rings is 1. The number of H-pyrrole nitrogens is 1. The number of rotatable bonds is 6. The Morgan fingerprint density at radius 3 is 2.84 bits per heavy atom. The van der Waals surface area contributed by atoms with Crippen LogP contribution in [-0.2, 0) is 17.7 Å². The molecule has 162 valence electrons. The van der Waals surface area contributed by atoms with E-state index in [2.05, 4.69) is 17.2 Å². The van der Waals surface area contributed by atoms with Crippen LogP contribution in [0.15, 0.2) is 53.3 Å². The maximum absolute atomic E-state index is 14.0. The standard InChI is InChI=1S/C24H26FN3O3/c1-2-16-9-10-21-17(12-16)13-18(23(29)26-21)14-28(15-19-6-5-11-31-19)24(30)27-22-8-4-3-7-20(22)25/h3-4,7-10,12-13,19H,2,5-6,11,14-15H2,1H3,(H,26,29)(H,27,30)/t19-/m0/s1. The van der Waals surface area contributed by atoms with Crippen molar-refractivity contribution in [3.8, 4) is 0 Å². The molecule has 0 bridgehead atoms. The van der Waals surface area contributed by atoms with Gasteiger partial charge in [-0.3, -0.25) is 4.79 Å². The molecule has 1 fully saturated rings. The van der Waals surface area contributed by atoms with Crippen molar-refractivity contribution in [1.29, 1.82) is 0 Å². The lowest BCUT2D eigenvalue weighted by atomic mass is 10.1. The molecule has 0 saturated carbocycles. The molecule has 2 amide bonds. The van der Waals surface area contributed by atoms with Gasteiger partial charge < -0.3 is 19.9 Å². The van der Waals surface area contributed by atoms with Crippen LogP contribution in [-0.4, -0.2) is 35.2 Å². The molecule has 1 aliphatic heterocycles. The number of carbonyl (C=O) groups is 1. The van der Waals surface area contributed by atoms with Crippen molar-refractivity contribution in [1.82, 2.24) is 9.88 Å². The number of aryl methyl sites for hydroxylation is 1. The van der Waals surface area contributed by atoms with Crippen LogP contribution in [0.25, 0.3) is 10.9 Å². The predicted molar refractivity (Wildman–Crippen MR) is 119 cm³/mol. The third-order valence-electron chi connectivity index (χ3n) is 5.61. The van der Waals surface area contributed by atoms with Gasteiger partial charge in [-0.1, -0.05) is 25.1 Å². The van der Waals surface area contributed by atoms with Gasteiger partial charge in [-0.25, -0.2) is 9.18 Å². The van der Waals surface area contributed by atoms with Gasteiger partial charge >= 0.3 is 6.03 Å². The van der Waals surface area contributed by atoms with Gasteiger partial charge in [-0.05, 0) is 60.5 Å². The average Bonchev–Trinajstić information content (AvgIpc) is 3.28. The van der Waals surface area contributed by atoms with E-state index in [1.165, 1.54) is 22.6 Å². The number of benzene rings is 2. The first-order valence-corrected chi connectivity index (χ1v) is 10.6. The normalized spacial score (nSPS) is 15.9. The molecule has 2 heterocycles. The maximum atomic E-state index is 14.0. The summed E-state index contributed by atoms with van der Waals surface area (Å²) >= 11 is 0. The molecule has 1 aliphatic rings. The Hall–Kier alpha value is -3.19. The molecule has 0 spiro atoms. The molecule has 2 aromatic carbocycles. The number of para-hydroxylation sites is 1. The highest BCUT2D eigenvalue weighted by molar-refractivity contribution is 5.89. The summed E-state index contributed by atoms with van der Waals surface area (Å²) in [5.41, 5.74) is 2.26. The Labute approximate surface area is 180 Å². The van der Waals surface area contributed by atoms with Crippen LogP contribution < -0.4 is 10.9 Å². The molecule has 3 aromatic rings. The van der Waals surface area contributed by atoms with E-state index in [1.54, 1.807) is 12.1 Å². The number of hydrogen-bond acceptors (Lipinski definition) is 3. The molecule has 6 nitrogen and oxygen atoms in total. The maximum Gasteiger partial charge on any atom is 0.322 e. The Bertz CT molecular complexity index is 1140. The van der Waals surface area contributed by atoms with E-state index >= 15 is 0 Å². The number of ether oxygens (including phenoxy) is 1. The summed E-state index contributed by atoms with van der Waals surface area (Å²) in [6.07, 6.45) is 2.57. The number of anilines is 1. The molecule has 0 unspecified atom stereocenters. The molecule has 7 heteroatoms. The van der Waals surface area contributed by atoms with Crippen molar-refractivity contribution < 1.29 is 13.9 Å². The SMILES string of the molecule is CCc1ccc2[nH]c(=O)c(CN(C[C@@H]3CCCO3)C(=O)Nc3ccccc3F)cc2c1. The number of nitrogens with zero attached hydrogens (tertiary/aromatic N) is 1. The predicted octanol–water partition coefficient (Wildman–Crippen LogP) is 4.44. The van der Waals surface area contributed by atoms with Gasteiger partial charge in [-0.2, -0.15) is 0 Å². The van der Waals surface area contributed by atoms with E-state index in [0.717, 1.165) is 30.2 Å². The Morgan fingerprint density at radius 2 is 2.10 bits per heavy atom. The Kier molecular flexibility index (Phi) is 6.32. The minimum Gasteiger partial charge on any atom is -0.376 e. The van der Waals surface area contributed by atoms with E-state index in [-0.39, 0.29) is 23.9 Å². The van der Waals surface area contributed by atoms with Gasteiger partial charge in [-0.15, -0.1) is 0 Å². The monoisotopic (exact) mass is 423 g/mol. The molecule has 4 rings (SSSR count). The van der Waals surface area contributed by atoms with Gasteiger partial charge in [0.05, 0.1) is 18.3 Å². The van der Waals surface area contributed by atoms with Gasteiger partial charge in [0.25, 0.3) is 5.56 Å². The van der Waals surface area contributed by atoms with Crippen molar-refractivity contribution in [2.24, 2.45) is 0 Å². The van der Waals surface area contributed by atoms with Crippen molar-refractivity contribution >= 4 is 22.6 Å². The second-order valence-corrected chi connectivity index (χ2v) is 7.82. The summed E-state index contributed by atoms with van der Waals surface area (Å²) in [4.78, 5) is 30.1. The van der Waals surface area contributed by atoms with Crippen LogP contribution >= 0.6 is 0 Å². The van der Waals surface area contributed by atoms with E-state index in [1.807, 2.05) is 24.3 Å². The first-order chi connectivity index (χ1) is 15.0. The van der Waals surface area contributed by atoms with Gasteiger partial charge in [0.2, 0.25) is 0 Å². The fourth-order valence-corrected chi connectivity index (χ4v) is 3.85. The Balaban J connectivity index is 1.62. The highest BCUT2D eigenvalue weighted by Gasteiger charge is 2.24. The van der Waals surface area contributed by atoms with Crippen molar-refractivity contribution in [3.63, 3.8) is 0 Å².